The van der Waals surface area contributed by atoms with Gasteiger partial charge in [0.1, 0.15) is 11.6 Å². The molecule has 5 nitrogen and oxygen atoms in total. The molecule has 1 fully saturated rings. The maximum Gasteiger partial charge on any atom is 0.305 e. The quantitative estimate of drug-likeness (QED) is 0.843. The van der Waals surface area contributed by atoms with Crippen molar-refractivity contribution in [3.8, 4) is 0 Å². The van der Waals surface area contributed by atoms with Gasteiger partial charge in [-0.2, -0.15) is 0 Å². The Morgan fingerprint density at radius 1 is 1.44 bits per heavy atom. The van der Waals surface area contributed by atoms with E-state index in [1.54, 1.807) is 0 Å². The number of aliphatic carboxylic acids is 1. The van der Waals surface area contributed by atoms with Crippen LogP contribution in [0.4, 0.5) is 0 Å². The highest BCUT2D eigenvalue weighted by Gasteiger charge is 2.23. The van der Waals surface area contributed by atoms with Gasteiger partial charge in [-0.25, -0.2) is 0 Å². The van der Waals surface area contributed by atoms with E-state index in [9.17, 15) is 4.79 Å². The predicted molar refractivity (Wildman–Crippen MR) is 58.2 cm³/mol. The Bertz CT molecular complexity index is 381. The first kappa shape index (κ1) is 11.1. The lowest BCUT2D eigenvalue weighted by Gasteiger charge is -2.11. The van der Waals surface area contributed by atoms with Gasteiger partial charge in [0.2, 0.25) is 0 Å². The average Bonchev–Trinajstić information content (AvgIpc) is 2.83. The fourth-order valence-corrected chi connectivity index (χ4v) is 2.37. The number of aromatic nitrogens is 3. The molecule has 1 aromatic heterocycles. The van der Waals surface area contributed by atoms with E-state index in [1.165, 1.54) is 12.8 Å². The molecular formula is C11H17N3O2. The molecule has 2 rings (SSSR count). The van der Waals surface area contributed by atoms with Gasteiger partial charge in [-0.1, -0.05) is 12.8 Å². The second-order valence-electron chi connectivity index (χ2n) is 4.38. The molecule has 0 atom stereocenters. The number of hydrogen-bond donors (Lipinski definition) is 1. The first-order valence-corrected chi connectivity index (χ1v) is 5.80. The third-order valence-corrected chi connectivity index (χ3v) is 3.23. The smallest absolute Gasteiger partial charge is 0.305 e. The summed E-state index contributed by atoms with van der Waals surface area (Å²) >= 11 is 0. The second-order valence-corrected chi connectivity index (χ2v) is 4.38. The molecule has 1 aliphatic rings. The highest BCUT2D eigenvalue weighted by Crippen LogP contribution is 2.33. The van der Waals surface area contributed by atoms with Gasteiger partial charge in [0, 0.05) is 12.5 Å². The normalized spacial score (nSPS) is 16.8. The highest BCUT2D eigenvalue weighted by atomic mass is 16.4. The van der Waals surface area contributed by atoms with Crippen LogP contribution in [0.15, 0.2) is 0 Å². The van der Waals surface area contributed by atoms with Crippen LogP contribution in [0.3, 0.4) is 0 Å². The van der Waals surface area contributed by atoms with Gasteiger partial charge in [-0.15, -0.1) is 10.2 Å². The number of carboxylic acid groups (broad SMARTS) is 1. The van der Waals surface area contributed by atoms with Gasteiger partial charge in [0.15, 0.2) is 0 Å². The molecule has 0 bridgehead atoms. The van der Waals surface area contributed by atoms with Crippen LogP contribution in [0, 0.1) is 6.92 Å². The van der Waals surface area contributed by atoms with Crippen LogP contribution in [0.1, 0.15) is 49.7 Å². The van der Waals surface area contributed by atoms with Crippen LogP contribution in [-0.4, -0.2) is 25.8 Å². The Hall–Kier alpha value is -1.39. The molecule has 0 amide bonds. The molecule has 1 saturated carbocycles. The van der Waals surface area contributed by atoms with Gasteiger partial charge in [0.05, 0.1) is 6.42 Å². The van der Waals surface area contributed by atoms with Crippen LogP contribution < -0.4 is 0 Å². The van der Waals surface area contributed by atoms with Crippen molar-refractivity contribution in [1.29, 1.82) is 0 Å². The summed E-state index contributed by atoms with van der Waals surface area (Å²) in [6, 6.07) is 0. The van der Waals surface area contributed by atoms with Gasteiger partial charge < -0.3 is 9.67 Å². The zero-order valence-corrected chi connectivity index (χ0v) is 9.52. The monoisotopic (exact) mass is 223 g/mol. The second kappa shape index (κ2) is 4.63. The Morgan fingerprint density at radius 3 is 2.75 bits per heavy atom. The fourth-order valence-electron chi connectivity index (χ4n) is 2.37. The Labute approximate surface area is 94.5 Å². The standard InChI is InChI=1S/C11H17N3O2/c1-8-12-13-11(9-4-2-3-5-9)14(8)7-6-10(15)16/h9H,2-7H2,1H3,(H,15,16). The number of aryl methyl sites for hydroxylation is 1. The average molecular weight is 223 g/mol. The summed E-state index contributed by atoms with van der Waals surface area (Å²) in [6.07, 6.45) is 4.94. The van der Waals surface area contributed by atoms with E-state index in [2.05, 4.69) is 10.2 Å². The largest absolute Gasteiger partial charge is 0.481 e. The molecule has 16 heavy (non-hydrogen) atoms. The van der Waals surface area contributed by atoms with Crippen molar-refractivity contribution < 1.29 is 9.90 Å². The highest BCUT2D eigenvalue weighted by molar-refractivity contribution is 5.66. The number of nitrogens with zero attached hydrogens (tertiary/aromatic N) is 3. The van der Waals surface area contributed by atoms with Crippen LogP contribution >= 0.6 is 0 Å². The molecule has 1 N–H and O–H groups in total. The summed E-state index contributed by atoms with van der Waals surface area (Å²) in [6.45, 7) is 2.37. The maximum atomic E-state index is 10.6. The summed E-state index contributed by atoms with van der Waals surface area (Å²) < 4.78 is 1.96. The van der Waals surface area contributed by atoms with Crippen molar-refractivity contribution in [1.82, 2.24) is 14.8 Å². The molecule has 1 aromatic rings. The van der Waals surface area contributed by atoms with Crippen LogP contribution in [0.5, 0.6) is 0 Å². The molecule has 5 heteroatoms. The Morgan fingerprint density at radius 2 is 2.12 bits per heavy atom. The van der Waals surface area contributed by atoms with E-state index >= 15 is 0 Å². The molecule has 0 radical (unpaired) electrons. The van der Waals surface area contributed by atoms with Crippen molar-refractivity contribution >= 4 is 5.97 Å². The number of carbonyl (C=O) groups is 1. The summed E-state index contributed by atoms with van der Waals surface area (Å²) in [7, 11) is 0. The zero-order valence-electron chi connectivity index (χ0n) is 9.52. The van der Waals surface area contributed by atoms with Gasteiger partial charge in [0.25, 0.3) is 0 Å². The lowest BCUT2D eigenvalue weighted by molar-refractivity contribution is -0.137. The first-order chi connectivity index (χ1) is 7.68. The molecule has 0 saturated heterocycles. The minimum absolute atomic E-state index is 0.137. The zero-order chi connectivity index (χ0) is 11.5. The number of rotatable bonds is 4. The summed E-state index contributed by atoms with van der Waals surface area (Å²) in [5, 5.41) is 17.0. The van der Waals surface area contributed by atoms with E-state index in [4.69, 9.17) is 5.11 Å². The Balaban J connectivity index is 2.14. The fraction of sp³-hybridized carbons (Fsp3) is 0.727. The minimum atomic E-state index is -0.773. The Kier molecular flexibility index (Phi) is 3.22. The molecule has 0 spiro atoms. The lowest BCUT2D eigenvalue weighted by atomic mass is 10.1. The van der Waals surface area contributed by atoms with E-state index in [1.807, 2.05) is 11.5 Å². The lowest BCUT2D eigenvalue weighted by Crippen LogP contribution is -2.11. The topological polar surface area (TPSA) is 68.0 Å². The van der Waals surface area contributed by atoms with Crippen molar-refractivity contribution in [2.45, 2.75) is 51.5 Å². The van der Waals surface area contributed by atoms with Gasteiger partial charge in [-0.05, 0) is 19.8 Å². The molecule has 1 aliphatic carbocycles. The molecule has 0 aliphatic heterocycles. The molecule has 1 heterocycles. The van der Waals surface area contributed by atoms with Gasteiger partial charge in [-0.3, -0.25) is 4.79 Å². The van der Waals surface area contributed by atoms with Crippen LogP contribution in [0.2, 0.25) is 0 Å². The van der Waals surface area contributed by atoms with Crippen LogP contribution in [0.25, 0.3) is 0 Å². The molecule has 0 aromatic carbocycles. The third kappa shape index (κ3) is 2.23. The van der Waals surface area contributed by atoms with E-state index in [0.717, 1.165) is 24.5 Å². The van der Waals surface area contributed by atoms with Crippen LogP contribution in [-0.2, 0) is 11.3 Å². The number of carboxylic acids is 1. The summed E-state index contributed by atoms with van der Waals surface area (Å²) in [5.41, 5.74) is 0. The summed E-state index contributed by atoms with van der Waals surface area (Å²) in [4.78, 5) is 10.6. The van der Waals surface area contributed by atoms with E-state index < -0.39 is 5.97 Å². The van der Waals surface area contributed by atoms with Crippen molar-refractivity contribution in [2.24, 2.45) is 0 Å². The maximum absolute atomic E-state index is 10.6. The third-order valence-electron chi connectivity index (χ3n) is 3.23. The van der Waals surface area contributed by atoms with E-state index in [-0.39, 0.29) is 6.42 Å². The predicted octanol–water partition coefficient (Wildman–Crippen LogP) is 1.72. The SMILES string of the molecule is Cc1nnc(C2CCCC2)n1CCC(=O)O. The van der Waals surface area contributed by atoms with Crippen molar-refractivity contribution in [3.05, 3.63) is 11.6 Å². The van der Waals surface area contributed by atoms with Gasteiger partial charge >= 0.3 is 5.97 Å². The minimum Gasteiger partial charge on any atom is -0.481 e. The van der Waals surface area contributed by atoms with Crippen molar-refractivity contribution in [3.63, 3.8) is 0 Å². The van der Waals surface area contributed by atoms with Crippen molar-refractivity contribution in [2.75, 3.05) is 0 Å². The summed E-state index contributed by atoms with van der Waals surface area (Å²) in [5.74, 6) is 1.51. The van der Waals surface area contributed by atoms with E-state index in [0.29, 0.717) is 12.5 Å². The number of hydrogen-bond acceptors (Lipinski definition) is 3. The molecule has 0 unspecified atom stereocenters. The first-order valence-electron chi connectivity index (χ1n) is 5.80. The molecular weight excluding hydrogens is 206 g/mol. The molecule has 88 valence electrons.